The van der Waals surface area contributed by atoms with Gasteiger partial charge < -0.3 is 10.4 Å². The maximum Gasteiger partial charge on any atom is 0.255 e. The van der Waals surface area contributed by atoms with E-state index >= 15 is 0 Å². The van der Waals surface area contributed by atoms with Crippen molar-refractivity contribution in [1.29, 1.82) is 0 Å². The average molecular weight is 424 g/mol. The first-order valence-corrected chi connectivity index (χ1v) is 10.5. The normalized spacial score (nSPS) is 17.1. The maximum atomic E-state index is 13.4. The largest absolute Gasteiger partial charge is 0.390 e. The average Bonchev–Trinajstić information content (AvgIpc) is 2.69. The van der Waals surface area contributed by atoms with Crippen LogP contribution in [0.25, 0.3) is 0 Å². The lowest BCUT2D eigenvalue weighted by molar-refractivity contribution is 0.0126. The summed E-state index contributed by atoms with van der Waals surface area (Å²) in [7, 11) is -3.81. The Morgan fingerprint density at radius 3 is 2.55 bits per heavy atom. The fourth-order valence-electron chi connectivity index (χ4n) is 3.11. The molecule has 0 aliphatic carbocycles. The molecular weight excluding hydrogens is 402 g/mol. The third-order valence-electron chi connectivity index (χ3n) is 4.98. The van der Waals surface area contributed by atoms with E-state index in [0.29, 0.717) is 12.8 Å². The number of nitrogens with zero attached hydrogens (tertiary/aromatic N) is 1. The Balaban J connectivity index is 1.79. The number of halogens is 2. The SMILES string of the molecule is CC1(O)CCN(S(=O)(=O)c2cccc(C(=O)Nc3ccc(F)c(CF)c3)c2)CC1. The highest BCUT2D eigenvalue weighted by Crippen LogP contribution is 2.26. The molecule has 3 rings (SSSR count). The number of carbonyl (C=O) groups excluding carboxylic acids is 1. The Hall–Kier alpha value is -2.36. The van der Waals surface area contributed by atoms with Gasteiger partial charge in [0.25, 0.3) is 5.91 Å². The highest BCUT2D eigenvalue weighted by molar-refractivity contribution is 7.89. The van der Waals surface area contributed by atoms with Crippen LogP contribution in [0.3, 0.4) is 0 Å². The second-order valence-electron chi connectivity index (χ2n) is 7.32. The highest BCUT2D eigenvalue weighted by atomic mass is 32.2. The van der Waals surface area contributed by atoms with Crippen molar-refractivity contribution < 1.29 is 27.1 Å². The predicted octanol–water partition coefficient (Wildman–Crippen LogP) is 3.08. The molecule has 2 N–H and O–H groups in total. The van der Waals surface area contributed by atoms with Crippen LogP contribution in [-0.4, -0.2) is 42.4 Å². The lowest BCUT2D eigenvalue weighted by Crippen LogP contribution is -2.45. The number of amides is 1. The molecule has 9 heteroatoms. The van der Waals surface area contributed by atoms with E-state index in [1.165, 1.54) is 40.7 Å². The second kappa shape index (κ2) is 8.17. The number of sulfonamides is 1. The van der Waals surface area contributed by atoms with Crippen LogP contribution in [0.4, 0.5) is 14.5 Å². The molecule has 1 saturated heterocycles. The number of anilines is 1. The number of rotatable bonds is 5. The van der Waals surface area contributed by atoms with Gasteiger partial charge in [-0.3, -0.25) is 4.79 Å². The number of nitrogens with one attached hydrogen (secondary N) is 1. The molecule has 6 nitrogen and oxygen atoms in total. The van der Waals surface area contributed by atoms with Crippen LogP contribution in [0.5, 0.6) is 0 Å². The smallest absolute Gasteiger partial charge is 0.255 e. The third kappa shape index (κ3) is 4.80. The standard InChI is InChI=1S/C20H22F2N2O4S/c1-20(26)7-9-24(10-8-20)29(27,28)17-4-2-3-14(12-17)19(25)23-16-5-6-18(22)15(11-16)13-21/h2-6,11-12,26H,7-10,13H2,1H3,(H,23,25). The molecule has 0 bridgehead atoms. The van der Waals surface area contributed by atoms with Crippen molar-refractivity contribution in [2.45, 2.75) is 36.9 Å². The molecule has 0 spiro atoms. The summed E-state index contributed by atoms with van der Waals surface area (Å²) in [5.74, 6) is -1.31. The van der Waals surface area contributed by atoms with Gasteiger partial charge in [-0.1, -0.05) is 6.07 Å². The Morgan fingerprint density at radius 1 is 1.21 bits per heavy atom. The lowest BCUT2D eigenvalue weighted by atomic mass is 9.95. The van der Waals surface area contributed by atoms with E-state index in [0.717, 1.165) is 6.07 Å². The number of piperidine rings is 1. The molecule has 1 amide bonds. The predicted molar refractivity (Wildman–Crippen MR) is 104 cm³/mol. The summed E-state index contributed by atoms with van der Waals surface area (Å²) < 4.78 is 53.2. The number of hydrogen-bond acceptors (Lipinski definition) is 4. The molecule has 156 valence electrons. The fourth-order valence-corrected chi connectivity index (χ4v) is 4.60. The minimum Gasteiger partial charge on any atom is -0.390 e. The molecule has 0 aromatic heterocycles. The second-order valence-corrected chi connectivity index (χ2v) is 9.26. The molecule has 0 unspecified atom stereocenters. The van der Waals surface area contributed by atoms with Crippen molar-refractivity contribution in [2.75, 3.05) is 18.4 Å². The summed E-state index contributed by atoms with van der Waals surface area (Å²) in [4.78, 5) is 12.5. The molecule has 0 saturated carbocycles. The van der Waals surface area contributed by atoms with E-state index in [4.69, 9.17) is 0 Å². The summed E-state index contributed by atoms with van der Waals surface area (Å²) in [5, 5.41) is 12.5. The van der Waals surface area contributed by atoms with E-state index in [9.17, 15) is 27.1 Å². The molecule has 1 aliphatic rings. The molecule has 1 aliphatic heterocycles. The minimum absolute atomic E-state index is 0.0322. The Morgan fingerprint density at radius 2 is 1.90 bits per heavy atom. The zero-order valence-electron chi connectivity index (χ0n) is 15.9. The number of benzene rings is 2. The summed E-state index contributed by atoms with van der Waals surface area (Å²) >= 11 is 0. The molecular formula is C20H22F2N2O4S. The van der Waals surface area contributed by atoms with Crippen LogP contribution in [0.1, 0.15) is 35.7 Å². The Bertz CT molecular complexity index is 1010. The first kappa shape index (κ1) is 21.4. The van der Waals surface area contributed by atoms with Crippen molar-refractivity contribution in [3.63, 3.8) is 0 Å². The first-order chi connectivity index (χ1) is 13.6. The summed E-state index contributed by atoms with van der Waals surface area (Å²) in [6, 6.07) is 9.11. The monoisotopic (exact) mass is 424 g/mol. The van der Waals surface area contributed by atoms with Gasteiger partial charge in [-0.25, -0.2) is 17.2 Å². The van der Waals surface area contributed by atoms with E-state index in [1.54, 1.807) is 6.92 Å². The van der Waals surface area contributed by atoms with Crippen molar-refractivity contribution >= 4 is 21.6 Å². The van der Waals surface area contributed by atoms with Crippen molar-refractivity contribution in [3.8, 4) is 0 Å². The van der Waals surface area contributed by atoms with Gasteiger partial charge in [0.15, 0.2) is 0 Å². The molecule has 0 radical (unpaired) electrons. The van der Waals surface area contributed by atoms with E-state index in [1.807, 2.05) is 0 Å². The molecule has 29 heavy (non-hydrogen) atoms. The van der Waals surface area contributed by atoms with E-state index < -0.39 is 34.0 Å². The van der Waals surface area contributed by atoms with E-state index in [2.05, 4.69) is 5.32 Å². The van der Waals surface area contributed by atoms with Crippen LogP contribution in [0.15, 0.2) is 47.4 Å². The van der Waals surface area contributed by atoms with Crippen LogP contribution in [0, 0.1) is 5.82 Å². The molecule has 1 fully saturated rings. The van der Waals surface area contributed by atoms with Gasteiger partial charge in [0.2, 0.25) is 10.0 Å². The van der Waals surface area contributed by atoms with Gasteiger partial charge in [-0.2, -0.15) is 4.31 Å². The lowest BCUT2D eigenvalue weighted by Gasteiger charge is -2.35. The van der Waals surface area contributed by atoms with Crippen LogP contribution in [0.2, 0.25) is 0 Å². The number of hydrogen-bond donors (Lipinski definition) is 2. The van der Waals surface area contributed by atoms with Crippen molar-refractivity contribution in [2.24, 2.45) is 0 Å². The van der Waals surface area contributed by atoms with Gasteiger partial charge in [-0.15, -0.1) is 0 Å². The zero-order chi connectivity index (χ0) is 21.2. The molecule has 2 aromatic carbocycles. The van der Waals surface area contributed by atoms with Gasteiger partial charge in [0.1, 0.15) is 12.5 Å². The van der Waals surface area contributed by atoms with Crippen molar-refractivity contribution in [1.82, 2.24) is 4.31 Å². The first-order valence-electron chi connectivity index (χ1n) is 9.11. The van der Waals surface area contributed by atoms with Gasteiger partial charge in [0, 0.05) is 29.9 Å². The molecule has 0 atom stereocenters. The molecule has 1 heterocycles. The number of alkyl halides is 1. The van der Waals surface area contributed by atoms with Gasteiger partial charge in [0.05, 0.1) is 10.5 Å². The maximum absolute atomic E-state index is 13.4. The van der Waals surface area contributed by atoms with Crippen LogP contribution < -0.4 is 5.32 Å². The third-order valence-corrected chi connectivity index (χ3v) is 6.88. The van der Waals surface area contributed by atoms with Crippen LogP contribution >= 0.6 is 0 Å². The minimum atomic E-state index is -3.81. The van der Waals surface area contributed by atoms with E-state index in [-0.39, 0.29) is 34.8 Å². The summed E-state index contributed by atoms with van der Waals surface area (Å²) in [5.41, 5.74) is -0.765. The molecule has 2 aromatic rings. The topological polar surface area (TPSA) is 86.7 Å². The Kier molecular flexibility index (Phi) is 6.02. The van der Waals surface area contributed by atoms with Gasteiger partial charge >= 0.3 is 0 Å². The summed E-state index contributed by atoms with van der Waals surface area (Å²) in [6.07, 6.45) is 0.655. The fraction of sp³-hybridized carbons (Fsp3) is 0.350. The number of carbonyl (C=O) groups is 1. The Labute approximate surface area is 168 Å². The zero-order valence-corrected chi connectivity index (χ0v) is 16.7. The highest BCUT2D eigenvalue weighted by Gasteiger charge is 2.34. The number of aliphatic hydroxyl groups is 1. The quantitative estimate of drug-likeness (QED) is 0.772. The summed E-state index contributed by atoms with van der Waals surface area (Å²) in [6.45, 7) is 1.04. The van der Waals surface area contributed by atoms with Gasteiger partial charge in [-0.05, 0) is 56.2 Å². The van der Waals surface area contributed by atoms with Crippen LogP contribution in [-0.2, 0) is 16.7 Å². The van der Waals surface area contributed by atoms with Crippen molar-refractivity contribution in [3.05, 3.63) is 59.4 Å².